The number of nitrogens with one attached hydrogen (secondary N) is 1. The Bertz CT molecular complexity index is 734. The molecule has 1 fully saturated rings. The number of hydrogen-bond donors (Lipinski definition) is 2. The lowest BCUT2D eigenvalue weighted by Gasteiger charge is -2.09. The molecule has 0 saturated heterocycles. The first-order chi connectivity index (χ1) is 10.5. The second-order valence-corrected chi connectivity index (χ2v) is 5.66. The summed E-state index contributed by atoms with van der Waals surface area (Å²) in [6.07, 6.45) is 2.72. The lowest BCUT2D eigenvalue weighted by atomic mass is 10.1. The molecule has 1 saturated carbocycles. The maximum Gasteiger partial charge on any atom is 0.311 e. The molecule has 22 heavy (non-hydrogen) atoms. The fourth-order valence-electron chi connectivity index (χ4n) is 2.22. The maximum atomic E-state index is 12.0. The minimum Gasteiger partial charge on any atom is -0.481 e. The Labute approximate surface area is 126 Å². The van der Waals surface area contributed by atoms with Gasteiger partial charge in [-0.2, -0.15) is 0 Å². The third-order valence-corrected chi connectivity index (χ3v) is 3.89. The van der Waals surface area contributed by atoms with Crippen molar-refractivity contribution in [3.63, 3.8) is 0 Å². The van der Waals surface area contributed by atoms with Crippen molar-refractivity contribution in [2.75, 3.05) is 6.54 Å². The van der Waals surface area contributed by atoms with Crippen molar-refractivity contribution in [2.24, 2.45) is 5.41 Å². The summed E-state index contributed by atoms with van der Waals surface area (Å²) in [4.78, 5) is 23.1. The Morgan fingerprint density at radius 2 is 2.18 bits per heavy atom. The molecule has 2 aromatic rings. The largest absolute Gasteiger partial charge is 0.481 e. The van der Waals surface area contributed by atoms with Crippen molar-refractivity contribution in [3.05, 3.63) is 41.7 Å². The molecule has 1 aromatic carbocycles. The van der Waals surface area contributed by atoms with Crippen molar-refractivity contribution in [1.82, 2.24) is 20.3 Å². The smallest absolute Gasteiger partial charge is 0.311 e. The first kappa shape index (κ1) is 14.2. The summed E-state index contributed by atoms with van der Waals surface area (Å²) >= 11 is 0. The van der Waals surface area contributed by atoms with Gasteiger partial charge in [0.05, 0.1) is 17.3 Å². The van der Waals surface area contributed by atoms with Crippen LogP contribution in [0.15, 0.2) is 30.5 Å². The molecule has 1 aliphatic carbocycles. The summed E-state index contributed by atoms with van der Waals surface area (Å²) in [5, 5.41) is 19.5. The minimum absolute atomic E-state index is 0.123. The Morgan fingerprint density at radius 3 is 2.82 bits per heavy atom. The van der Waals surface area contributed by atoms with E-state index in [1.165, 1.54) is 10.9 Å². The van der Waals surface area contributed by atoms with Crippen LogP contribution in [0.3, 0.4) is 0 Å². The van der Waals surface area contributed by atoms with Crippen LogP contribution in [0.1, 0.15) is 28.9 Å². The van der Waals surface area contributed by atoms with E-state index in [0.29, 0.717) is 12.8 Å². The van der Waals surface area contributed by atoms with Gasteiger partial charge < -0.3 is 10.4 Å². The van der Waals surface area contributed by atoms with Gasteiger partial charge in [0.1, 0.15) is 0 Å². The summed E-state index contributed by atoms with van der Waals surface area (Å²) in [6, 6.07) is 7.66. The minimum atomic E-state index is -0.865. The third-order valence-electron chi connectivity index (χ3n) is 3.89. The fourth-order valence-corrected chi connectivity index (χ4v) is 2.22. The lowest BCUT2D eigenvalue weighted by molar-refractivity contribution is -0.143. The van der Waals surface area contributed by atoms with Gasteiger partial charge >= 0.3 is 5.97 Å². The molecule has 1 heterocycles. The van der Waals surface area contributed by atoms with Crippen molar-refractivity contribution in [3.8, 4) is 5.69 Å². The molecular formula is C15H16N4O3. The number of aliphatic carboxylic acids is 1. The van der Waals surface area contributed by atoms with E-state index in [1.807, 2.05) is 31.2 Å². The summed E-state index contributed by atoms with van der Waals surface area (Å²) in [5.74, 6) is -1.28. The number of carbonyl (C=O) groups excluding carboxylic acids is 1. The van der Waals surface area contributed by atoms with Gasteiger partial charge in [0.2, 0.25) is 0 Å². The number of carboxylic acid groups (broad SMARTS) is 1. The molecule has 1 amide bonds. The highest BCUT2D eigenvalue weighted by atomic mass is 16.4. The monoisotopic (exact) mass is 300 g/mol. The second-order valence-electron chi connectivity index (χ2n) is 5.66. The van der Waals surface area contributed by atoms with Crippen LogP contribution in [0.25, 0.3) is 5.69 Å². The predicted molar refractivity (Wildman–Crippen MR) is 77.7 cm³/mol. The van der Waals surface area contributed by atoms with Crippen molar-refractivity contribution >= 4 is 11.9 Å². The highest BCUT2D eigenvalue weighted by Gasteiger charge is 2.50. The highest BCUT2D eigenvalue weighted by Crippen LogP contribution is 2.45. The summed E-state index contributed by atoms with van der Waals surface area (Å²) < 4.78 is 1.52. The number of nitrogens with zero attached hydrogens (tertiary/aromatic N) is 3. The maximum absolute atomic E-state index is 12.0. The Hall–Kier alpha value is -2.70. The van der Waals surface area contributed by atoms with Crippen LogP contribution in [-0.2, 0) is 4.79 Å². The molecule has 114 valence electrons. The first-order valence-corrected chi connectivity index (χ1v) is 7.01. The summed E-state index contributed by atoms with van der Waals surface area (Å²) in [5.41, 5.74) is 1.27. The summed E-state index contributed by atoms with van der Waals surface area (Å²) in [6.45, 7) is 2.09. The first-order valence-electron chi connectivity index (χ1n) is 7.01. The highest BCUT2D eigenvalue weighted by molar-refractivity contribution is 5.92. The van der Waals surface area contributed by atoms with Crippen molar-refractivity contribution in [1.29, 1.82) is 0 Å². The Kier molecular flexibility index (Phi) is 3.40. The second kappa shape index (κ2) is 5.25. The van der Waals surface area contributed by atoms with Gasteiger partial charge in [-0.1, -0.05) is 17.3 Å². The molecule has 0 radical (unpaired) electrons. The van der Waals surface area contributed by atoms with Crippen LogP contribution >= 0.6 is 0 Å². The molecule has 0 unspecified atom stereocenters. The van der Waals surface area contributed by atoms with E-state index < -0.39 is 17.3 Å². The Balaban J connectivity index is 1.68. The number of carbonyl (C=O) groups is 2. The molecule has 7 nitrogen and oxygen atoms in total. The van der Waals surface area contributed by atoms with E-state index in [9.17, 15) is 9.59 Å². The number of amides is 1. The zero-order valence-corrected chi connectivity index (χ0v) is 12.1. The van der Waals surface area contributed by atoms with Gasteiger partial charge in [0.15, 0.2) is 5.69 Å². The van der Waals surface area contributed by atoms with E-state index in [2.05, 4.69) is 15.6 Å². The molecular weight excluding hydrogens is 284 g/mol. The third kappa shape index (κ3) is 2.69. The molecule has 3 rings (SSSR count). The predicted octanol–water partition coefficient (Wildman–Crippen LogP) is 1.17. The number of aryl methyl sites for hydroxylation is 1. The van der Waals surface area contributed by atoms with E-state index in [1.54, 1.807) is 0 Å². The molecule has 0 aliphatic heterocycles. The molecule has 0 spiro atoms. The van der Waals surface area contributed by atoms with E-state index in [-0.39, 0.29) is 12.2 Å². The van der Waals surface area contributed by atoms with Gasteiger partial charge in [-0.15, -0.1) is 5.10 Å². The molecule has 2 N–H and O–H groups in total. The van der Waals surface area contributed by atoms with Crippen LogP contribution in [0.5, 0.6) is 0 Å². The number of rotatable bonds is 5. The van der Waals surface area contributed by atoms with E-state index >= 15 is 0 Å². The average Bonchev–Trinajstić information content (AvgIpc) is 3.13. The Morgan fingerprint density at radius 1 is 1.41 bits per heavy atom. The summed E-state index contributed by atoms with van der Waals surface area (Å²) in [7, 11) is 0. The standard InChI is InChI=1S/C15H16N4O3/c1-10-3-2-4-11(7-10)19-8-12(17-18-19)13(20)16-9-15(5-6-15)14(21)22/h2-4,7-8H,5-6,9H2,1H3,(H,16,20)(H,21,22). The van der Waals surface area contributed by atoms with Gasteiger partial charge in [0.25, 0.3) is 5.91 Å². The zero-order chi connectivity index (χ0) is 15.7. The molecule has 1 aromatic heterocycles. The van der Waals surface area contributed by atoms with Gasteiger partial charge in [-0.25, -0.2) is 4.68 Å². The van der Waals surface area contributed by atoms with Crippen LogP contribution < -0.4 is 5.32 Å². The van der Waals surface area contributed by atoms with Crippen LogP contribution in [0.2, 0.25) is 0 Å². The number of benzene rings is 1. The van der Waals surface area contributed by atoms with Gasteiger partial charge in [-0.05, 0) is 37.5 Å². The van der Waals surface area contributed by atoms with Crippen LogP contribution in [0.4, 0.5) is 0 Å². The number of carboxylic acids is 1. The average molecular weight is 300 g/mol. The topological polar surface area (TPSA) is 97.1 Å². The number of hydrogen-bond acceptors (Lipinski definition) is 4. The number of aromatic nitrogens is 3. The van der Waals surface area contributed by atoms with Crippen molar-refractivity contribution < 1.29 is 14.7 Å². The molecule has 0 bridgehead atoms. The van der Waals surface area contributed by atoms with Crippen molar-refractivity contribution in [2.45, 2.75) is 19.8 Å². The van der Waals surface area contributed by atoms with Gasteiger partial charge in [0, 0.05) is 6.54 Å². The van der Waals surface area contributed by atoms with E-state index in [0.717, 1.165) is 11.3 Å². The van der Waals surface area contributed by atoms with Crippen LogP contribution in [-0.4, -0.2) is 38.5 Å². The van der Waals surface area contributed by atoms with Crippen LogP contribution in [0, 0.1) is 12.3 Å². The fraction of sp³-hybridized carbons (Fsp3) is 0.333. The molecule has 0 atom stereocenters. The quantitative estimate of drug-likeness (QED) is 0.864. The van der Waals surface area contributed by atoms with E-state index in [4.69, 9.17) is 5.11 Å². The molecule has 1 aliphatic rings. The zero-order valence-electron chi connectivity index (χ0n) is 12.1. The lowest BCUT2D eigenvalue weighted by Crippen LogP contribution is -2.34. The molecule has 7 heteroatoms. The van der Waals surface area contributed by atoms with Gasteiger partial charge in [-0.3, -0.25) is 9.59 Å². The SMILES string of the molecule is Cc1cccc(-n2cc(C(=O)NCC3(C(=O)O)CC3)nn2)c1. The normalized spacial score (nSPS) is 15.3.